The predicted molar refractivity (Wildman–Crippen MR) is 105 cm³/mol. The zero-order valence-corrected chi connectivity index (χ0v) is 15.5. The van der Waals surface area contributed by atoms with E-state index in [1.807, 2.05) is 24.3 Å². The molecule has 2 aromatic carbocycles. The van der Waals surface area contributed by atoms with Crippen molar-refractivity contribution in [3.63, 3.8) is 0 Å². The zero-order valence-electron chi connectivity index (χ0n) is 15.5. The number of anilines is 2. The van der Waals surface area contributed by atoms with Crippen LogP contribution in [-0.4, -0.2) is 35.4 Å². The number of rotatable bonds is 3. The summed E-state index contributed by atoms with van der Waals surface area (Å²) in [5.74, 6) is -1.32. The van der Waals surface area contributed by atoms with E-state index in [0.29, 0.717) is 22.6 Å². The van der Waals surface area contributed by atoms with Crippen LogP contribution >= 0.6 is 0 Å². The molecule has 1 aliphatic rings. The Hall–Kier alpha value is -3.61. The van der Waals surface area contributed by atoms with Crippen LogP contribution in [0, 0.1) is 6.92 Å². The van der Waals surface area contributed by atoms with Crippen molar-refractivity contribution < 1.29 is 19.1 Å². The standard InChI is InChI=1S/C21H19N3O4/c1-12-19(14-7-3-4-8-15(14)22-12)21(27)28-13(2)20(26)24-11-18(25)23-16-9-5-6-10-17(16)24/h3-10,13,22H,11H2,1-2H3,(H,23,25)/t13-/m1/s1. The third-order valence-corrected chi connectivity index (χ3v) is 4.77. The van der Waals surface area contributed by atoms with Gasteiger partial charge < -0.3 is 15.0 Å². The molecular weight excluding hydrogens is 358 g/mol. The van der Waals surface area contributed by atoms with E-state index in [0.717, 1.165) is 10.9 Å². The minimum Gasteiger partial charge on any atom is -0.449 e. The number of hydrogen-bond donors (Lipinski definition) is 2. The first-order valence-electron chi connectivity index (χ1n) is 8.94. The topological polar surface area (TPSA) is 91.5 Å². The van der Waals surface area contributed by atoms with Gasteiger partial charge in [-0.2, -0.15) is 0 Å². The number of ether oxygens (including phenoxy) is 1. The molecule has 1 aliphatic heterocycles. The molecule has 2 amide bonds. The van der Waals surface area contributed by atoms with Gasteiger partial charge in [-0.15, -0.1) is 0 Å². The van der Waals surface area contributed by atoms with Crippen molar-refractivity contribution in [1.82, 2.24) is 4.98 Å². The SMILES string of the molecule is Cc1[nH]c2ccccc2c1C(=O)O[C@H](C)C(=O)N1CC(=O)Nc2ccccc21. The summed E-state index contributed by atoms with van der Waals surface area (Å²) in [6, 6.07) is 14.4. The number of aromatic nitrogens is 1. The van der Waals surface area contributed by atoms with Gasteiger partial charge in [-0.1, -0.05) is 30.3 Å². The van der Waals surface area contributed by atoms with Crippen LogP contribution in [0.5, 0.6) is 0 Å². The molecule has 1 aromatic heterocycles. The van der Waals surface area contributed by atoms with Crippen molar-refractivity contribution in [2.24, 2.45) is 0 Å². The molecule has 0 spiro atoms. The number of H-pyrrole nitrogens is 1. The fraction of sp³-hybridized carbons (Fsp3) is 0.190. The molecule has 2 N–H and O–H groups in total. The number of hydrogen-bond acceptors (Lipinski definition) is 4. The smallest absolute Gasteiger partial charge is 0.341 e. The number of aryl methyl sites for hydroxylation is 1. The third-order valence-electron chi connectivity index (χ3n) is 4.77. The summed E-state index contributed by atoms with van der Waals surface area (Å²) in [5.41, 5.74) is 3.05. The van der Waals surface area contributed by atoms with E-state index < -0.39 is 18.0 Å². The predicted octanol–water partition coefficient (Wildman–Crippen LogP) is 3.01. The summed E-state index contributed by atoms with van der Waals surface area (Å²) in [6.45, 7) is 3.18. The first-order chi connectivity index (χ1) is 13.5. The molecule has 0 aliphatic carbocycles. The van der Waals surface area contributed by atoms with Crippen molar-refractivity contribution in [2.75, 3.05) is 16.8 Å². The van der Waals surface area contributed by atoms with Gasteiger partial charge in [0, 0.05) is 16.6 Å². The van der Waals surface area contributed by atoms with E-state index in [-0.39, 0.29) is 12.5 Å². The normalized spacial score (nSPS) is 14.4. The second-order valence-electron chi connectivity index (χ2n) is 6.71. The molecule has 7 heteroatoms. The first kappa shape index (κ1) is 17.8. The maximum absolute atomic E-state index is 12.9. The fourth-order valence-electron chi connectivity index (χ4n) is 3.46. The van der Waals surface area contributed by atoms with Crippen LogP contribution < -0.4 is 10.2 Å². The van der Waals surface area contributed by atoms with Gasteiger partial charge in [0.1, 0.15) is 6.54 Å². The molecule has 0 radical (unpaired) electrons. The van der Waals surface area contributed by atoms with Crippen molar-refractivity contribution in [3.8, 4) is 0 Å². The second kappa shape index (κ2) is 6.84. The third kappa shape index (κ3) is 3.00. The summed E-state index contributed by atoms with van der Waals surface area (Å²) < 4.78 is 5.47. The lowest BCUT2D eigenvalue weighted by atomic mass is 10.1. The Morgan fingerprint density at radius 2 is 1.82 bits per heavy atom. The summed E-state index contributed by atoms with van der Waals surface area (Å²) in [4.78, 5) is 42.1. The van der Waals surface area contributed by atoms with E-state index in [1.165, 1.54) is 11.8 Å². The van der Waals surface area contributed by atoms with Crippen LogP contribution in [0.4, 0.5) is 11.4 Å². The number of benzene rings is 2. The van der Waals surface area contributed by atoms with Gasteiger partial charge in [-0.3, -0.25) is 14.5 Å². The molecule has 7 nitrogen and oxygen atoms in total. The molecule has 1 atom stereocenters. The van der Waals surface area contributed by atoms with Crippen LogP contribution in [0.2, 0.25) is 0 Å². The van der Waals surface area contributed by atoms with Gasteiger partial charge in [0.2, 0.25) is 5.91 Å². The van der Waals surface area contributed by atoms with Gasteiger partial charge in [-0.05, 0) is 32.0 Å². The number of para-hydroxylation sites is 3. The molecule has 0 saturated carbocycles. The van der Waals surface area contributed by atoms with Crippen LogP contribution in [0.1, 0.15) is 23.0 Å². The van der Waals surface area contributed by atoms with Crippen molar-refractivity contribution in [1.29, 1.82) is 0 Å². The number of fused-ring (bicyclic) bond motifs is 2. The highest BCUT2D eigenvalue weighted by Gasteiger charge is 2.32. The zero-order chi connectivity index (χ0) is 19.8. The Bertz CT molecular complexity index is 1100. The van der Waals surface area contributed by atoms with Gasteiger partial charge in [-0.25, -0.2) is 4.79 Å². The fourth-order valence-corrected chi connectivity index (χ4v) is 3.46. The molecular formula is C21H19N3O4. The molecule has 142 valence electrons. The van der Waals surface area contributed by atoms with Crippen LogP contribution in [-0.2, 0) is 14.3 Å². The van der Waals surface area contributed by atoms with Crippen molar-refractivity contribution >= 4 is 40.1 Å². The molecule has 28 heavy (non-hydrogen) atoms. The van der Waals surface area contributed by atoms with Crippen molar-refractivity contribution in [2.45, 2.75) is 20.0 Å². The minimum atomic E-state index is -1.04. The highest BCUT2D eigenvalue weighted by Crippen LogP contribution is 2.30. The maximum Gasteiger partial charge on any atom is 0.341 e. The quantitative estimate of drug-likeness (QED) is 0.687. The number of aromatic amines is 1. The Kier molecular flexibility index (Phi) is 4.35. The van der Waals surface area contributed by atoms with E-state index in [4.69, 9.17) is 4.74 Å². The number of esters is 1. The summed E-state index contributed by atoms with van der Waals surface area (Å²) in [7, 11) is 0. The van der Waals surface area contributed by atoms with Gasteiger partial charge in [0.05, 0.1) is 16.9 Å². The number of carbonyl (C=O) groups excluding carboxylic acids is 3. The number of carbonyl (C=O) groups is 3. The number of amides is 2. The minimum absolute atomic E-state index is 0.121. The summed E-state index contributed by atoms with van der Waals surface area (Å²) >= 11 is 0. The Morgan fingerprint density at radius 1 is 1.11 bits per heavy atom. The molecule has 0 fully saturated rings. The maximum atomic E-state index is 12.9. The van der Waals surface area contributed by atoms with Gasteiger partial charge in [0.25, 0.3) is 5.91 Å². The molecule has 0 bridgehead atoms. The Labute approximate surface area is 161 Å². The highest BCUT2D eigenvalue weighted by atomic mass is 16.5. The molecule has 4 rings (SSSR count). The summed E-state index contributed by atoms with van der Waals surface area (Å²) in [5, 5.41) is 3.47. The number of nitrogens with one attached hydrogen (secondary N) is 2. The van der Waals surface area contributed by atoms with Crippen molar-refractivity contribution in [3.05, 3.63) is 59.8 Å². The lowest BCUT2D eigenvalue weighted by Crippen LogP contribution is -2.47. The molecule has 0 unspecified atom stereocenters. The Morgan fingerprint density at radius 3 is 2.64 bits per heavy atom. The molecule has 3 aromatic rings. The summed E-state index contributed by atoms with van der Waals surface area (Å²) in [6.07, 6.45) is -1.04. The highest BCUT2D eigenvalue weighted by molar-refractivity contribution is 6.12. The molecule has 0 saturated heterocycles. The average Bonchev–Trinajstić information content (AvgIpc) is 3.02. The van der Waals surface area contributed by atoms with E-state index >= 15 is 0 Å². The second-order valence-corrected chi connectivity index (χ2v) is 6.71. The van der Waals surface area contributed by atoms with E-state index in [9.17, 15) is 14.4 Å². The van der Waals surface area contributed by atoms with E-state index in [2.05, 4.69) is 10.3 Å². The average molecular weight is 377 g/mol. The van der Waals surface area contributed by atoms with Crippen LogP contribution in [0.3, 0.4) is 0 Å². The largest absolute Gasteiger partial charge is 0.449 e. The monoisotopic (exact) mass is 377 g/mol. The van der Waals surface area contributed by atoms with Crippen LogP contribution in [0.25, 0.3) is 10.9 Å². The Balaban J connectivity index is 1.57. The van der Waals surface area contributed by atoms with Gasteiger partial charge in [0.15, 0.2) is 6.10 Å². The first-order valence-corrected chi connectivity index (χ1v) is 8.94. The van der Waals surface area contributed by atoms with Crippen LogP contribution in [0.15, 0.2) is 48.5 Å². The molecule has 2 heterocycles. The van der Waals surface area contributed by atoms with E-state index in [1.54, 1.807) is 31.2 Å². The lowest BCUT2D eigenvalue weighted by molar-refractivity contribution is -0.128. The van der Waals surface area contributed by atoms with Gasteiger partial charge >= 0.3 is 5.97 Å². The lowest BCUT2D eigenvalue weighted by Gasteiger charge is -2.30. The number of nitrogens with zero attached hydrogens (tertiary/aromatic N) is 1.